The Morgan fingerprint density at radius 2 is 1.56 bits per heavy atom. The molecule has 2 amide bonds. The molecule has 3 aromatic rings. The number of thiophene rings is 1. The molecule has 1 fully saturated rings. The molecule has 2 aromatic carbocycles. The summed E-state index contributed by atoms with van der Waals surface area (Å²) >= 11 is 1.72. The van der Waals surface area contributed by atoms with Crippen LogP contribution < -0.4 is 0 Å². The lowest BCUT2D eigenvalue weighted by atomic mass is 9.93. The van der Waals surface area contributed by atoms with Crippen LogP contribution >= 0.6 is 11.3 Å². The zero-order valence-corrected chi connectivity index (χ0v) is 21.0. The molecule has 1 heterocycles. The third-order valence-corrected chi connectivity index (χ3v) is 7.58. The Labute approximate surface area is 207 Å². The summed E-state index contributed by atoms with van der Waals surface area (Å²) < 4.78 is 0. The lowest BCUT2D eigenvalue weighted by molar-refractivity contribution is -0.133. The van der Waals surface area contributed by atoms with Crippen LogP contribution in [0.4, 0.5) is 0 Å². The van der Waals surface area contributed by atoms with Crippen molar-refractivity contribution < 1.29 is 9.59 Å². The highest BCUT2D eigenvalue weighted by atomic mass is 32.1. The van der Waals surface area contributed by atoms with E-state index in [-0.39, 0.29) is 24.4 Å². The Bertz CT molecular complexity index is 1080. The minimum absolute atomic E-state index is 0.000872. The van der Waals surface area contributed by atoms with E-state index in [2.05, 4.69) is 31.2 Å². The number of carbonyl (C=O) groups excluding carboxylic acids is 2. The standard InChI is InChI=1S/C29H34N2O2S/c1-22-13-16-25(17-14-22)29(33)31(26-11-7-4-8-12-26)21-28(32)30(19-24-9-5-3-6-10-24)20-27-18-15-23(2)34-27/h3,5-6,9-10,13-18,26H,4,7-8,11-12,19-21H2,1-2H3. The van der Waals surface area contributed by atoms with Crippen LogP contribution in [0.2, 0.25) is 0 Å². The van der Waals surface area contributed by atoms with E-state index in [1.807, 2.05) is 59.2 Å². The maximum atomic E-state index is 13.7. The molecule has 178 valence electrons. The highest BCUT2D eigenvalue weighted by Crippen LogP contribution is 2.25. The molecule has 5 heteroatoms. The van der Waals surface area contributed by atoms with Gasteiger partial charge >= 0.3 is 0 Å². The van der Waals surface area contributed by atoms with Crippen molar-refractivity contribution in [2.45, 2.75) is 65.1 Å². The number of benzene rings is 2. The van der Waals surface area contributed by atoms with E-state index in [0.29, 0.717) is 18.7 Å². The van der Waals surface area contributed by atoms with Gasteiger partial charge in [-0.05, 0) is 56.5 Å². The van der Waals surface area contributed by atoms with Crippen molar-refractivity contribution in [3.05, 3.63) is 93.2 Å². The van der Waals surface area contributed by atoms with E-state index in [0.717, 1.165) is 41.7 Å². The molecule has 0 radical (unpaired) electrons. The highest BCUT2D eigenvalue weighted by Gasteiger charge is 2.30. The first-order valence-corrected chi connectivity index (χ1v) is 13.1. The van der Waals surface area contributed by atoms with E-state index >= 15 is 0 Å². The summed E-state index contributed by atoms with van der Waals surface area (Å²) in [6, 6.07) is 22.1. The Kier molecular flexibility index (Phi) is 8.17. The van der Waals surface area contributed by atoms with Crippen LogP contribution in [0.5, 0.6) is 0 Å². The van der Waals surface area contributed by atoms with Gasteiger partial charge in [0.25, 0.3) is 5.91 Å². The molecule has 34 heavy (non-hydrogen) atoms. The van der Waals surface area contributed by atoms with Gasteiger partial charge in [0.2, 0.25) is 5.91 Å². The quantitative estimate of drug-likeness (QED) is 0.381. The largest absolute Gasteiger partial charge is 0.332 e. The Morgan fingerprint density at radius 3 is 2.21 bits per heavy atom. The number of rotatable bonds is 8. The summed E-state index contributed by atoms with van der Waals surface area (Å²) in [6.45, 7) is 5.32. The zero-order valence-electron chi connectivity index (χ0n) is 20.2. The van der Waals surface area contributed by atoms with Crippen LogP contribution in [0.15, 0.2) is 66.7 Å². The lowest BCUT2D eigenvalue weighted by Crippen LogP contribution is -2.48. The van der Waals surface area contributed by atoms with Crippen molar-refractivity contribution in [3.63, 3.8) is 0 Å². The molecule has 1 saturated carbocycles. The van der Waals surface area contributed by atoms with Crippen molar-refractivity contribution in [2.75, 3.05) is 6.54 Å². The molecular formula is C29H34N2O2S. The SMILES string of the molecule is Cc1ccc(C(=O)N(CC(=O)N(Cc2ccccc2)Cc2ccc(C)s2)C2CCCCC2)cc1. The minimum Gasteiger partial charge on any atom is -0.332 e. The van der Waals surface area contributed by atoms with Gasteiger partial charge in [0.1, 0.15) is 6.54 Å². The van der Waals surface area contributed by atoms with E-state index < -0.39 is 0 Å². The predicted octanol–water partition coefficient (Wildman–Crippen LogP) is 6.37. The third kappa shape index (κ3) is 6.35. The summed E-state index contributed by atoms with van der Waals surface area (Å²) in [5, 5.41) is 0. The average molecular weight is 475 g/mol. The van der Waals surface area contributed by atoms with Crippen LogP contribution in [0.25, 0.3) is 0 Å². The highest BCUT2D eigenvalue weighted by molar-refractivity contribution is 7.11. The molecule has 1 aromatic heterocycles. The lowest BCUT2D eigenvalue weighted by Gasteiger charge is -2.35. The molecule has 4 rings (SSSR count). The fourth-order valence-corrected chi connectivity index (χ4v) is 5.57. The fraction of sp³-hybridized carbons (Fsp3) is 0.379. The second kappa shape index (κ2) is 11.5. The number of hydrogen-bond acceptors (Lipinski definition) is 3. The van der Waals surface area contributed by atoms with Crippen molar-refractivity contribution in [1.29, 1.82) is 0 Å². The third-order valence-electron chi connectivity index (χ3n) is 6.59. The first-order chi connectivity index (χ1) is 16.5. The van der Waals surface area contributed by atoms with Crippen molar-refractivity contribution in [1.82, 2.24) is 9.80 Å². The van der Waals surface area contributed by atoms with Gasteiger partial charge in [-0.2, -0.15) is 0 Å². The maximum Gasteiger partial charge on any atom is 0.254 e. The normalized spacial score (nSPS) is 14.1. The molecule has 0 spiro atoms. The van der Waals surface area contributed by atoms with Gasteiger partial charge in [-0.15, -0.1) is 11.3 Å². The van der Waals surface area contributed by atoms with E-state index in [1.165, 1.54) is 11.3 Å². The number of nitrogens with zero attached hydrogens (tertiary/aromatic N) is 2. The smallest absolute Gasteiger partial charge is 0.254 e. The molecular weight excluding hydrogens is 440 g/mol. The van der Waals surface area contributed by atoms with Gasteiger partial charge < -0.3 is 9.80 Å². The van der Waals surface area contributed by atoms with Gasteiger partial charge in [-0.1, -0.05) is 67.3 Å². The first-order valence-electron chi connectivity index (χ1n) is 12.2. The first kappa shape index (κ1) is 24.2. The van der Waals surface area contributed by atoms with Gasteiger partial charge in [0.05, 0.1) is 6.54 Å². The number of hydrogen-bond donors (Lipinski definition) is 0. The van der Waals surface area contributed by atoms with Crippen LogP contribution in [-0.4, -0.2) is 34.2 Å². The topological polar surface area (TPSA) is 40.6 Å². The summed E-state index contributed by atoms with van der Waals surface area (Å²) in [6.07, 6.45) is 5.35. The maximum absolute atomic E-state index is 13.7. The molecule has 0 unspecified atom stereocenters. The van der Waals surface area contributed by atoms with Crippen molar-refractivity contribution in [2.24, 2.45) is 0 Å². The Balaban J connectivity index is 1.57. The van der Waals surface area contributed by atoms with Gasteiger partial charge in [0.15, 0.2) is 0 Å². The number of amides is 2. The second-order valence-corrected chi connectivity index (χ2v) is 10.7. The van der Waals surface area contributed by atoms with Gasteiger partial charge in [0, 0.05) is 27.9 Å². The minimum atomic E-state index is -0.0353. The van der Waals surface area contributed by atoms with Crippen LogP contribution in [0, 0.1) is 13.8 Å². The predicted molar refractivity (Wildman–Crippen MR) is 139 cm³/mol. The molecule has 0 bridgehead atoms. The molecule has 4 nitrogen and oxygen atoms in total. The average Bonchev–Trinajstić information content (AvgIpc) is 3.27. The molecule has 1 aliphatic rings. The van der Waals surface area contributed by atoms with Gasteiger partial charge in [-0.25, -0.2) is 0 Å². The van der Waals surface area contributed by atoms with Crippen molar-refractivity contribution >= 4 is 23.2 Å². The fourth-order valence-electron chi connectivity index (χ4n) is 4.66. The molecule has 1 aliphatic carbocycles. The van der Waals surface area contributed by atoms with Gasteiger partial charge in [-0.3, -0.25) is 9.59 Å². The second-order valence-electron chi connectivity index (χ2n) is 9.34. The van der Waals surface area contributed by atoms with E-state index in [4.69, 9.17) is 0 Å². The van der Waals surface area contributed by atoms with E-state index in [9.17, 15) is 9.59 Å². The van der Waals surface area contributed by atoms with E-state index in [1.54, 1.807) is 11.3 Å². The van der Waals surface area contributed by atoms with Crippen molar-refractivity contribution in [3.8, 4) is 0 Å². The summed E-state index contributed by atoms with van der Waals surface area (Å²) in [5.41, 5.74) is 2.88. The molecule has 0 saturated heterocycles. The molecule has 0 aliphatic heterocycles. The molecule has 0 atom stereocenters. The number of carbonyl (C=O) groups is 2. The summed E-state index contributed by atoms with van der Waals surface area (Å²) in [4.78, 5) is 33.5. The summed E-state index contributed by atoms with van der Waals surface area (Å²) in [5.74, 6) is -0.0344. The van der Waals surface area contributed by atoms with Crippen LogP contribution in [0.3, 0.4) is 0 Å². The molecule has 0 N–H and O–H groups in total. The van der Waals surface area contributed by atoms with Crippen LogP contribution in [-0.2, 0) is 17.9 Å². The Hall–Kier alpha value is -2.92. The summed E-state index contributed by atoms with van der Waals surface area (Å²) in [7, 11) is 0. The zero-order chi connectivity index (χ0) is 23.9. The number of aryl methyl sites for hydroxylation is 2. The Morgan fingerprint density at radius 1 is 0.853 bits per heavy atom. The monoisotopic (exact) mass is 474 g/mol. The van der Waals surface area contributed by atoms with Crippen LogP contribution in [0.1, 0.15) is 63.3 Å².